The molecule has 15 heavy (non-hydrogen) atoms. The molecule has 1 heterocycles. The second-order valence-electron chi connectivity index (χ2n) is 3.91. The van der Waals surface area contributed by atoms with Gasteiger partial charge in [-0.1, -0.05) is 32.4 Å². The average molecular weight is 204 g/mol. The molecule has 1 rings (SSSR count). The first-order chi connectivity index (χ1) is 7.24. The highest BCUT2D eigenvalue weighted by Crippen LogP contribution is 2.12. The maximum Gasteiger partial charge on any atom is 0.0629 e. The number of likely N-dealkylation sites (N-methyl/N-ethyl adjacent to an activating group) is 1. The lowest BCUT2D eigenvalue weighted by Gasteiger charge is -2.11. The van der Waals surface area contributed by atoms with Crippen molar-refractivity contribution in [2.24, 2.45) is 5.92 Å². The standard InChI is InChI=1S/C13H20N2/c1-4-14-10-12(11(2)3)9-13-7-5-6-8-15-13/h5-9,11,14H,4,10H2,1-3H3. The van der Waals surface area contributed by atoms with E-state index in [1.807, 2.05) is 24.4 Å². The summed E-state index contributed by atoms with van der Waals surface area (Å²) in [7, 11) is 0. The normalized spacial score (nSPS) is 12.1. The minimum atomic E-state index is 0.561. The Bertz CT molecular complexity index is 302. The fourth-order valence-electron chi connectivity index (χ4n) is 1.34. The zero-order valence-corrected chi connectivity index (χ0v) is 9.83. The number of rotatable bonds is 5. The molecule has 0 unspecified atom stereocenters. The first kappa shape index (κ1) is 11.9. The average Bonchev–Trinajstić information content (AvgIpc) is 2.25. The first-order valence-corrected chi connectivity index (χ1v) is 5.56. The number of aromatic nitrogens is 1. The highest BCUT2D eigenvalue weighted by Gasteiger charge is 2.02. The summed E-state index contributed by atoms with van der Waals surface area (Å²) in [6, 6.07) is 6.00. The molecule has 0 aromatic carbocycles. The third-order valence-corrected chi connectivity index (χ3v) is 2.34. The van der Waals surface area contributed by atoms with Gasteiger partial charge in [0.15, 0.2) is 0 Å². The lowest BCUT2D eigenvalue weighted by atomic mass is 10.0. The van der Waals surface area contributed by atoms with Gasteiger partial charge < -0.3 is 5.32 Å². The first-order valence-electron chi connectivity index (χ1n) is 5.56. The van der Waals surface area contributed by atoms with Gasteiger partial charge in [0.2, 0.25) is 0 Å². The van der Waals surface area contributed by atoms with E-state index in [-0.39, 0.29) is 0 Å². The Morgan fingerprint density at radius 2 is 2.27 bits per heavy atom. The summed E-state index contributed by atoms with van der Waals surface area (Å²) in [6.07, 6.45) is 4.00. The Labute approximate surface area is 92.4 Å². The number of nitrogens with zero attached hydrogens (tertiary/aromatic N) is 1. The fraction of sp³-hybridized carbons (Fsp3) is 0.462. The molecule has 2 nitrogen and oxygen atoms in total. The number of pyridine rings is 1. The van der Waals surface area contributed by atoms with E-state index in [2.05, 4.69) is 37.1 Å². The highest BCUT2D eigenvalue weighted by molar-refractivity contribution is 5.49. The Hall–Kier alpha value is -1.15. The maximum atomic E-state index is 4.30. The smallest absolute Gasteiger partial charge is 0.0629 e. The van der Waals surface area contributed by atoms with Crippen molar-refractivity contribution >= 4 is 6.08 Å². The van der Waals surface area contributed by atoms with Crippen LogP contribution in [0.4, 0.5) is 0 Å². The molecule has 0 fully saturated rings. The van der Waals surface area contributed by atoms with E-state index in [0.717, 1.165) is 18.8 Å². The van der Waals surface area contributed by atoms with Crippen LogP contribution in [-0.4, -0.2) is 18.1 Å². The van der Waals surface area contributed by atoms with E-state index in [1.54, 1.807) is 0 Å². The van der Waals surface area contributed by atoms with Gasteiger partial charge >= 0.3 is 0 Å². The molecule has 0 radical (unpaired) electrons. The molecule has 1 aromatic rings. The third-order valence-electron chi connectivity index (χ3n) is 2.34. The summed E-state index contributed by atoms with van der Waals surface area (Å²) >= 11 is 0. The van der Waals surface area contributed by atoms with Gasteiger partial charge in [0.1, 0.15) is 0 Å². The predicted octanol–water partition coefficient (Wildman–Crippen LogP) is 2.73. The molecule has 0 amide bonds. The van der Waals surface area contributed by atoms with Gasteiger partial charge in [-0.3, -0.25) is 4.98 Å². The lowest BCUT2D eigenvalue weighted by Crippen LogP contribution is -2.18. The number of hydrogen-bond donors (Lipinski definition) is 1. The molecule has 0 aliphatic rings. The molecule has 0 bridgehead atoms. The quantitative estimate of drug-likeness (QED) is 0.797. The SMILES string of the molecule is CCNCC(=Cc1ccccn1)C(C)C. The number of hydrogen-bond acceptors (Lipinski definition) is 2. The van der Waals surface area contributed by atoms with E-state index in [9.17, 15) is 0 Å². The van der Waals surface area contributed by atoms with Crippen LogP contribution >= 0.6 is 0 Å². The van der Waals surface area contributed by atoms with Crippen LogP contribution in [0.15, 0.2) is 30.0 Å². The molecule has 82 valence electrons. The molecule has 2 heteroatoms. The van der Waals surface area contributed by atoms with Crippen LogP contribution in [0.3, 0.4) is 0 Å². The van der Waals surface area contributed by atoms with Crippen molar-refractivity contribution in [2.75, 3.05) is 13.1 Å². The summed E-state index contributed by atoms with van der Waals surface area (Å²) in [5, 5.41) is 3.35. The van der Waals surface area contributed by atoms with E-state index in [1.165, 1.54) is 5.57 Å². The second-order valence-corrected chi connectivity index (χ2v) is 3.91. The van der Waals surface area contributed by atoms with Gasteiger partial charge in [0, 0.05) is 12.7 Å². The molecule has 0 saturated carbocycles. The minimum Gasteiger partial charge on any atom is -0.313 e. The van der Waals surface area contributed by atoms with E-state index < -0.39 is 0 Å². The Morgan fingerprint density at radius 1 is 1.47 bits per heavy atom. The molecule has 0 atom stereocenters. The minimum absolute atomic E-state index is 0.561. The highest BCUT2D eigenvalue weighted by atomic mass is 14.8. The van der Waals surface area contributed by atoms with Crippen LogP contribution in [0.2, 0.25) is 0 Å². The van der Waals surface area contributed by atoms with Crippen molar-refractivity contribution in [3.05, 3.63) is 35.7 Å². The van der Waals surface area contributed by atoms with Gasteiger partial charge in [-0.15, -0.1) is 0 Å². The summed E-state index contributed by atoms with van der Waals surface area (Å²) in [5.41, 5.74) is 2.44. The van der Waals surface area contributed by atoms with Crippen LogP contribution in [0.5, 0.6) is 0 Å². The molecular weight excluding hydrogens is 184 g/mol. The molecule has 0 saturated heterocycles. The van der Waals surface area contributed by atoms with Gasteiger partial charge in [0.25, 0.3) is 0 Å². The summed E-state index contributed by atoms with van der Waals surface area (Å²) < 4.78 is 0. The topological polar surface area (TPSA) is 24.9 Å². The molecule has 1 N–H and O–H groups in total. The van der Waals surface area contributed by atoms with Crippen molar-refractivity contribution in [1.82, 2.24) is 10.3 Å². The van der Waals surface area contributed by atoms with Crippen molar-refractivity contribution in [3.8, 4) is 0 Å². The van der Waals surface area contributed by atoms with Crippen LogP contribution < -0.4 is 5.32 Å². The lowest BCUT2D eigenvalue weighted by molar-refractivity contribution is 0.682. The molecular formula is C13H20N2. The van der Waals surface area contributed by atoms with E-state index in [0.29, 0.717) is 5.92 Å². The van der Waals surface area contributed by atoms with Crippen molar-refractivity contribution in [3.63, 3.8) is 0 Å². The fourth-order valence-corrected chi connectivity index (χ4v) is 1.34. The van der Waals surface area contributed by atoms with Gasteiger partial charge in [-0.2, -0.15) is 0 Å². The van der Waals surface area contributed by atoms with E-state index in [4.69, 9.17) is 0 Å². The zero-order valence-electron chi connectivity index (χ0n) is 9.83. The van der Waals surface area contributed by atoms with Crippen LogP contribution in [0.1, 0.15) is 26.5 Å². The molecule has 0 aliphatic carbocycles. The van der Waals surface area contributed by atoms with Crippen molar-refractivity contribution < 1.29 is 0 Å². The van der Waals surface area contributed by atoms with Gasteiger partial charge in [-0.25, -0.2) is 0 Å². The molecule has 1 aromatic heterocycles. The summed E-state index contributed by atoms with van der Waals surface area (Å²) in [4.78, 5) is 4.30. The zero-order chi connectivity index (χ0) is 11.1. The summed E-state index contributed by atoms with van der Waals surface area (Å²) in [5.74, 6) is 0.561. The number of nitrogens with one attached hydrogen (secondary N) is 1. The molecule has 0 spiro atoms. The van der Waals surface area contributed by atoms with Crippen LogP contribution in [0, 0.1) is 5.92 Å². The monoisotopic (exact) mass is 204 g/mol. The predicted molar refractivity (Wildman–Crippen MR) is 65.6 cm³/mol. The molecule has 0 aliphatic heterocycles. The van der Waals surface area contributed by atoms with E-state index >= 15 is 0 Å². The van der Waals surface area contributed by atoms with Gasteiger partial charge in [0.05, 0.1) is 5.69 Å². The maximum absolute atomic E-state index is 4.30. The van der Waals surface area contributed by atoms with Crippen LogP contribution in [0.25, 0.3) is 6.08 Å². The second kappa shape index (κ2) is 6.36. The Morgan fingerprint density at radius 3 is 2.80 bits per heavy atom. The van der Waals surface area contributed by atoms with Gasteiger partial charge in [-0.05, 0) is 30.7 Å². The van der Waals surface area contributed by atoms with Crippen molar-refractivity contribution in [2.45, 2.75) is 20.8 Å². The van der Waals surface area contributed by atoms with Crippen LogP contribution in [-0.2, 0) is 0 Å². The summed E-state index contributed by atoms with van der Waals surface area (Å²) in [6.45, 7) is 8.51. The third kappa shape index (κ3) is 4.26. The van der Waals surface area contributed by atoms with Crippen molar-refractivity contribution in [1.29, 1.82) is 0 Å². The largest absolute Gasteiger partial charge is 0.313 e. The Kier molecular flexibility index (Phi) is 5.05. The Balaban J connectivity index is 2.75.